The van der Waals surface area contributed by atoms with Crippen LogP contribution in [0.5, 0.6) is 0 Å². The van der Waals surface area contributed by atoms with Crippen LogP contribution in [0.1, 0.15) is 20.8 Å². The minimum absolute atomic E-state index is 0.0666. The van der Waals surface area contributed by atoms with Crippen molar-refractivity contribution >= 4 is 23.0 Å². The highest BCUT2D eigenvalue weighted by Crippen LogP contribution is 2.22. The molecule has 1 aromatic rings. The summed E-state index contributed by atoms with van der Waals surface area (Å²) >= 11 is 5.96. The van der Waals surface area contributed by atoms with Crippen LogP contribution in [0.2, 0.25) is 5.02 Å². The molecular weight excluding hydrogens is 258 g/mol. The maximum Gasteiger partial charge on any atom is 0.0648 e. The highest BCUT2D eigenvalue weighted by Gasteiger charge is 2.14. The summed E-state index contributed by atoms with van der Waals surface area (Å²) in [5, 5.41) is 3.77. The third-order valence-corrected chi connectivity index (χ3v) is 2.86. The van der Waals surface area contributed by atoms with Crippen molar-refractivity contribution in [2.24, 2.45) is 16.1 Å². The van der Waals surface area contributed by atoms with Crippen LogP contribution in [0.15, 0.2) is 41.0 Å². The molecule has 0 bridgehead atoms. The predicted molar refractivity (Wildman–Crippen MR) is 84.2 cm³/mol. The molecule has 0 aliphatic rings. The predicted octanol–water partition coefficient (Wildman–Crippen LogP) is 3.52. The molecule has 0 aromatic heterocycles. The van der Waals surface area contributed by atoms with Gasteiger partial charge in [0, 0.05) is 22.7 Å². The van der Waals surface area contributed by atoms with Gasteiger partial charge in [-0.2, -0.15) is 0 Å². The summed E-state index contributed by atoms with van der Waals surface area (Å²) in [6.45, 7) is 6.89. The van der Waals surface area contributed by atoms with Crippen molar-refractivity contribution in [3.8, 4) is 0 Å². The zero-order chi connectivity index (χ0) is 14.5. The summed E-state index contributed by atoms with van der Waals surface area (Å²) in [5.74, 6) is 0. The summed E-state index contributed by atoms with van der Waals surface area (Å²) < 4.78 is 0. The van der Waals surface area contributed by atoms with Crippen LogP contribution in [0.3, 0.4) is 0 Å². The molecular formula is C15H22ClN3. The van der Waals surface area contributed by atoms with E-state index < -0.39 is 0 Å². The second-order valence-corrected chi connectivity index (χ2v) is 5.90. The molecule has 0 aliphatic carbocycles. The van der Waals surface area contributed by atoms with E-state index in [-0.39, 0.29) is 5.41 Å². The molecule has 1 aromatic carbocycles. The van der Waals surface area contributed by atoms with E-state index in [0.717, 1.165) is 17.1 Å². The first kappa shape index (κ1) is 15.7. The molecule has 104 valence electrons. The molecule has 3 N–H and O–H groups in total. The summed E-state index contributed by atoms with van der Waals surface area (Å²) in [7, 11) is 1.88. The fraction of sp³-hybridized carbons (Fsp3) is 0.400. The molecule has 0 fully saturated rings. The van der Waals surface area contributed by atoms with Gasteiger partial charge in [0.2, 0.25) is 0 Å². The number of hydrogen-bond acceptors (Lipinski definition) is 3. The van der Waals surface area contributed by atoms with E-state index in [2.05, 4.69) is 31.1 Å². The van der Waals surface area contributed by atoms with E-state index in [1.807, 2.05) is 37.4 Å². The third-order valence-electron chi connectivity index (χ3n) is 2.63. The Bertz CT molecular complexity index is 484. The Morgan fingerprint density at radius 1 is 1.42 bits per heavy atom. The highest BCUT2D eigenvalue weighted by molar-refractivity contribution is 6.30. The zero-order valence-corrected chi connectivity index (χ0v) is 12.8. The number of hydrogen-bond donors (Lipinski definition) is 2. The molecule has 0 radical (unpaired) electrons. The minimum Gasteiger partial charge on any atom is -0.402 e. The maximum absolute atomic E-state index is 6.09. The second kappa shape index (κ2) is 6.73. The van der Waals surface area contributed by atoms with E-state index in [4.69, 9.17) is 17.3 Å². The van der Waals surface area contributed by atoms with Gasteiger partial charge in [0.25, 0.3) is 0 Å². The molecule has 0 aliphatic heterocycles. The van der Waals surface area contributed by atoms with E-state index in [0.29, 0.717) is 11.6 Å². The van der Waals surface area contributed by atoms with Crippen molar-refractivity contribution < 1.29 is 0 Å². The number of nitrogens with zero attached hydrogens (tertiary/aromatic N) is 1. The quantitative estimate of drug-likeness (QED) is 0.829. The van der Waals surface area contributed by atoms with Gasteiger partial charge in [0.05, 0.1) is 11.4 Å². The zero-order valence-electron chi connectivity index (χ0n) is 12.0. The van der Waals surface area contributed by atoms with Gasteiger partial charge in [-0.05, 0) is 31.3 Å². The van der Waals surface area contributed by atoms with Crippen LogP contribution >= 0.6 is 11.6 Å². The summed E-state index contributed by atoms with van der Waals surface area (Å²) in [6.07, 6.45) is 1.93. The van der Waals surface area contributed by atoms with Gasteiger partial charge in [-0.25, -0.2) is 0 Å². The number of benzene rings is 1. The Hall–Kier alpha value is -1.32. The Labute approximate surface area is 120 Å². The first-order valence-corrected chi connectivity index (χ1v) is 6.66. The summed E-state index contributed by atoms with van der Waals surface area (Å²) in [5.41, 5.74) is 8.55. The molecule has 0 unspecified atom stereocenters. The summed E-state index contributed by atoms with van der Waals surface area (Å²) in [6, 6.07) is 7.47. The third kappa shape index (κ3) is 5.45. The van der Waals surface area contributed by atoms with Crippen LogP contribution in [0.25, 0.3) is 0 Å². The standard InChI is InChI=1S/C15H22ClN3/c1-15(2,3)14(17)9-13(10-18-4)19-12-7-5-6-11(16)8-12/h5-9,18H,10,17H2,1-4H3. The molecule has 0 saturated heterocycles. The fourth-order valence-corrected chi connectivity index (χ4v) is 1.60. The fourth-order valence-electron chi connectivity index (χ4n) is 1.41. The van der Waals surface area contributed by atoms with Crippen molar-refractivity contribution in [1.29, 1.82) is 0 Å². The molecule has 4 heteroatoms. The topological polar surface area (TPSA) is 50.4 Å². The van der Waals surface area contributed by atoms with Crippen LogP contribution in [-0.4, -0.2) is 19.3 Å². The van der Waals surface area contributed by atoms with Gasteiger partial charge in [-0.1, -0.05) is 38.4 Å². The SMILES string of the molecule is CNCC(C=C(N)C(C)(C)C)=Nc1cccc(Cl)c1. The molecule has 3 nitrogen and oxygen atoms in total. The van der Waals surface area contributed by atoms with E-state index in [1.165, 1.54) is 0 Å². The van der Waals surface area contributed by atoms with Crippen molar-refractivity contribution in [2.45, 2.75) is 20.8 Å². The number of aliphatic imine (C=N–C) groups is 1. The normalized spacial score (nSPS) is 13.7. The van der Waals surface area contributed by atoms with Crippen LogP contribution < -0.4 is 11.1 Å². The number of halogens is 1. The van der Waals surface area contributed by atoms with Crippen LogP contribution in [0.4, 0.5) is 5.69 Å². The van der Waals surface area contributed by atoms with Gasteiger partial charge in [0.1, 0.15) is 0 Å². The number of allylic oxidation sites excluding steroid dienone is 1. The van der Waals surface area contributed by atoms with Crippen molar-refractivity contribution in [3.63, 3.8) is 0 Å². The molecule has 0 saturated carbocycles. The highest BCUT2D eigenvalue weighted by atomic mass is 35.5. The first-order valence-electron chi connectivity index (χ1n) is 6.28. The molecule has 0 heterocycles. The Morgan fingerprint density at radius 3 is 2.63 bits per heavy atom. The first-order chi connectivity index (χ1) is 8.82. The van der Waals surface area contributed by atoms with E-state index >= 15 is 0 Å². The lowest BCUT2D eigenvalue weighted by Gasteiger charge is -2.19. The lowest BCUT2D eigenvalue weighted by molar-refractivity contribution is 0.498. The Kier molecular flexibility index (Phi) is 5.58. The molecule has 0 spiro atoms. The van der Waals surface area contributed by atoms with E-state index in [9.17, 15) is 0 Å². The molecule has 19 heavy (non-hydrogen) atoms. The largest absolute Gasteiger partial charge is 0.402 e. The average molecular weight is 280 g/mol. The summed E-state index contributed by atoms with van der Waals surface area (Å²) in [4.78, 5) is 4.58. The van der Waals surface area contributed by atoms with Crippen molar-refractivity contribution in [2.75, 3.05) is 13.6 Å². The Balaban J connectivity index is 3.07. The van der Waals surface area contributed by atoms with Gasteiger partial charge < -0.3 is 11.1 Å². The number of rotatable bonds is 4. The lowest BCUT2D eigenvalue weighted by atomic mass is 9.91. The maximum atomic E-state index is 6.09. The van der Waals surface area contributed by atoms with Gasteiger partial charge in [0.15, 0.2) is 0 Å². The van der Waals surface area contributed by atoms with Gasteiger partial charge in [-0.3, -0.25) is 4.99 Å². The molecule has 0 atom stereocenters. The van der Waals surface area contributed by atoms with Crippen LogP contribution in [0, 0.1) is 5.41 Å². The van der Waals surface area contributed by atoms with Gasteiger partial charge >= 0.3 is 0 Å². The monoisotopic (exact) mass is 279 g/mol. The Morgan fingerprint density at radius 2 is 2.11 bits per heavy atom. The lowest BCUT2D eigenvalue weighted by Crippen LogP contribution is -2.22. The van der Waals surface area contributed by atoms with Crippen molar-refractivity contribution in [1.82, 2.24) is 5.32 Å². The molecule has 0 amide bonds. The van der Waals surface area contributed by atoms with E-state index in [1.54, 1.807) is 0 Å². The smallest absolute Gasteiger partial charge is 0.0648 e. The minimum atomic E-state index is -0.0666. The van der Waals surface area contributed by atoms with Crippen LogP contribution in [-0.2, 0) is 0 Å². The van der Waals surface area contributed by atoms with Crippen molar-refractivity contribution in [3.05, 3.63) is 41.1 Å². The van der Waals surface area contributed by atoms with Gasteiger partial charge in [-0.15, -0.1) is 0 Å². The molecule has 1 rings (SSSR count). The average Bonchev–Trinajstić information content (AvgIpc) is 2.27. The number of nitrogens with two attached hydrogens (primary N) is 1. The second-order valence-electron chi connectivity index (χ2n) is 5.46. The number of nitrogens with one attached hydrogen (secondary N) is 1.